The van der Waals surface area contributed by atoms with Gasteiger partial charge < -0.3 is 14.7 Å². The second kappa shape index (κ2) is 8.26. The molecule has 1 heterocycles. The minimum atomic E-state index is -0.851. The number of carbonyl (C=O) groups excluding carboxylic acids is 3. The van der Waals surface area contributed by atoms with Crippen molar-refractivity contribution in [2.24, 2.45) is 0 Å². The van der Waals surface area contributed by atoms with Crippen LogP contribution in [0.1, 0.15) is 37.4 Å². The van der Waals surface area contributed by atoms with Crippen molar-refractivity contribution in [3.8, 4) is 5.75 Å². The molecule has 29 heavy (non-hydrogen) atoms. The lowest BCUT2D eigenvalue weighted by atomic mass is 9.95. The molecule has 0 radical (unpaired) electrons. The molecule has 1 unspecified atom stereocenters. The second-order valence-electron chi connectivity index (χ2n) is 6.67. The molecule has 1 aliphatic heterocycles. The molecule has 0 spiro atoms. The number of nitrogens with zero attached hydrogens (tertiary/aromatic N) is 1. The van der Waals surface area contributed by atoms with Gasteiger partial charge >= 0.3 is 5.97 Å². The maximum Gasteiger partial charge on any atom is 0.308 e. The Bertz CT molecular complexity index is 997. The van der Waals surface area contributed by atoms with Gasteiger partial charge in [-0.05, 0) is 48.4 Å². The highest BCUT2D eigenvalue weighted by molar-refractivity contribution is 6.46. The zero-order valence-electron chi connectivity index (χ0n) is 16.0. The molecule has 1 aliphatic rings. The van der Waals surface area contributed by atoms with Crippen LogP contribution in [0, 0.1) is 5.82 Å². The van der Waals surface area contributed by atoms with Crippen LogP contribution < -0.4 is 4.74 Å². The first-order valence-corrected chi connectivity index (χ1v) is 9.16. The first-order chi connectivity index (χ1) is 13.8. The van der Waals surface area contributed by atoms with Gasteiger partial charge in [-0.1, -0.05) is 19.1 Å². The van der Waals surface area contributed by atoms with E-state index in [9.17, 15) is 23.9 Å². The number of rotatable bonds is 5. The fourth-order valence-electron chi connectivity index (χ4n) is 3.38. The Balaban J connectivity index is 2.16. The molecule has 1 amide bonds. The van der Waals surface area contributed by atoms with E-state index in [1.807, 2.05) is 6.92 Å². The Morgan fingerprint density at radius 1 is 1.17 bits per heavy atom. The molecule has 6 nitrogen and oxygen atoms in total. The summed E-state index contributed by atoms with van der Waals surface area (Å²) in [6.45, 7) is 3.43. The van der Waals surface area contributed by atoms with E-state index in [2.05, 4.69) is 0 Å². The highest BCUT2D eigenvalue weighted by Gasteiger charge is 2.45. The summed E-state index contributed by atoms with van der Waals surface area (Å²) < 4.78 is 18.4. The van der Waals surface area contributed by atoms with Crippen molar-refractivity contribution in [2.45, 2.75) is 26.3 Å². The SMILES string of the molecule is CCCN1C(=O)C(=O)/C(=C(\O)c2ccc(F)cc2)C1c1cccc(OC(C)=O)c1. The average Bonchev–Trinajstić information content (AvgIpc) is 2.93. The number of amides is 1. The van der Waals surface area contributed by atoms with E-state index >= 15 is 0 Å². The number of halogens is 1. The summed E-state index contributed by atoms with van der Waals surface area (Å²) in [5.74, 6) is -2.65. The van der Waals surface area contributed by atoms with Gasteiger partial charge in [-0.2, -0.15) is 0 Å². The maximum absolute atomic E-state index is 13.3. The standard InChI is InChI=1S/C22H20FNO5/c1-3-11-24-19(15-5-4-6-17(12-15)29-13(2)25)18(21(27)22(24)28)20(26)14-7-9-16(23)10-8-14/h4-10,12,19,26H,3,11H2,1-2H3/b20-18-. The number of ketones is 1. The molecular weight excluding hydrogens is 377 g/mol. The Morgan fingerprint density at radius 2 is 1.86 bits per heavy atom. The van der Waals surface area contributed by atoms with Crippen LogP contribution in [0.15, 0.2) is 54.1 Å². The highest BCUT2D eigenvalue weighted by atomic mass is 19.1. The topological polar surface area (TPSA) is 83.9 Å². The number of likely N-dealkylation sites (tertiary alicyclic amines) is 1. The minimum Gasteiger partial charge on any atom is -0.507 e. The van der Waals surface area contributed by atoms with Crippen LogP contribution >= 0.6 is 0 Å². The van der Waals surface area contributed by atoms with Gasteiger partial charge in [-0.3, -0.25) is 14.4 Å². The van der Waals surface area contributed by atoms with Gasteiger partial charge in [0.15, 0.2) is 0 Å². The van der Waals surface area contributed by atoms with Crippen LogP contribution in [0.4, 0.5) is 4.39 Å². The first kappa shape index (κ1) is 20.3. The molecule has 1 saturated heterocycles. The van der Waals surface area contributed by atoms with Gasteiger partial charge in [0, 0.05) is 19.0 Å². The first-order valence-electron chi connectivity index (χ1n) is 9.16. The summed E-state index contributed by atoms with van der Waals surface area (Å²) >= 11 is 0. The molecule has 1 atom stereocenters. The van der Waals surface area contributed by atoms with E-state index in [0.29, 0.717) is 18.5 Å². The second-order valence-corrected chi connectivity index (χ2v) is 6.67. The molecular formula is C22H20FNO5. The maximum atomic E-state index is 13.3. The monoisotopic (exact) mass is 397 g/mol. The van der Waals surface area contributed by atoms with Crippen LogP contribution in [0.2, 0.25) is 0 Å². The third-order valence-electron chi connectivity index (χ3n) is 4.56. The molecule has 0 bridgehead atoms. The van der Waals surface area contributed by atoms with Crippen molar-refractivity contribution in [2.75, 3.05) is 6.54 Å². The van der Waals surface area contributed by atoms with Gasteiger partial charge in [0.25, 0.3) is 11.7 Å². The normalized spacial score (nSPS) is 18.2. The van der Waals surface area contributed by atoms with E-state index in [1.54, 1.807) is 24.3 Å². The fourth-order valence-corrected chi connectivity index (χ4v) is 3.38. The van der Waals surface area contributed by atoms with Crippen LogP contribution in [-0.4, -0.2) is 34.2 Å². The van der Waals surface area contributed by atoms with Crippen LogP contribution in [-0.2, 0) is 14.4 Å². The number of ether oxygens (including phenoxy) is 1. The molecule has 1 fully saturated rings. The Hall–Kier alpha value is -3.48. The summed E-state index contributed by atoms with van der Waals surface area (Å²) in [7, 11) is 0. The lowest BCUT2D eigenvalue weighted by Gasteiger charge is -2.25. The Morgan fingerprint density at radius 3 is 2.48 bits per heavy atom. The largest absolute Gasteiger partial charge is 0.507 e. The molecule has 150 valence electrons. The zero-order valence-corrected chi connectivity index (χ0v) is 16.0. The number of aliphatic hydroxyl groups is 1. The number of carbonyl (C=O) groups is 3. The molecule has 1 N–H and O–H groups in total. The highest BCUT2D eigenvalue weighted by Crippen LogP contribution is 2.40. The van der Waals surface area contributed by atoms with Crippen molar-refractivity contribution in [1.29, 1.82) is 0 Å². The van der Waals surface area contributed by atoms with Crippen molar-refractivity contribution in [3.63, 3.8) is 0 Å². The average molecular weight is 397 g/mol. The fraction of sp³-hybridized carbons (Fsp3) is 0.227. The van der Waals surface area contributed by atoms with Crippen LogP contribution in [0.25, 0.3) is 5.76 Å². The lowest BCUT2D eigenvalue weighted by molar-refractivity contribution is -0.139. The number of Topliss-reactive ketones (excluding diaryl/α,β-unsaturated/α-hetero) is 1. The third kappa shape index (κ3) is 4.03. The summed E-state index contributed by atoms with van der Waals surface area (Å²) in [6, 6.07) is 10.6. The van der Waals surface area contributed by atoms with E-state index in [-0.39, 0.29) is 22.6 Å². The van der Waals surface area contributed by atoms with Gasteiger partial charge in [0.05, 0.1) is 11.6 Å². The molecule has 2 aromatic rings. The quantitative estimate of drug-likeness (QED) is 0.274. The number of esters is 1. The van der Waals surface area contributed by atoms with E-state index in [4.69, 9.17) is 4.74 Å². The predicted octanol–water partition coefficient (Wildman–Crippen LogP) is 3.58. The van der Waals surface area contributed by atoms with E-state index < -0.39 is 29.5 Å². The molecule has 2 aromatic carbocycles. The van der Waals surface area contributed by atoms with Gasteiger partial charge in [-0.15, -0.1) is 0 Å². The number of hydrogen-bond acceptors (Lipinski definition) is 5. The van der Waals surface area contributed by atoms with Crippen molar-refractivity contribution >= 4 is 23.4 Å². The smallest absolute Gasteiger partial charge is 0.308 e. The van der Waals surface area contributed by atoms with Crippen LogP contribution in [0.3, 0.4) is 0 Å². The van der Waals surface area contributed by atoms with E-state index in [1.165, 1.54) is 24.0 Å². The summed E-state index contributed by atoms with van der Waals surface area (Å²) in [6.07, 6.45) is 0.601. The summed E-state index contributed by atoms with van der Waals surface area (Å²) in [4.78, 5) is 38.0. The lowest BCUT2D eigenvalue weighted by Crippen LogP contribution is -2.30. The van der Waals surface area contributed by atoms with Gasteiger partial charge in [0.2, 0.25) is 0 Å². The molecule has 0 saturated carbocycles. The summed E-state index contributed by atoms with van der Waals surface area (Å²) in [5.41, 5.74) is 0.650. The van der Waals surface area contributed by atoms with Crippen molar-refractivity contribution in [3.05, 3.63) is 71.0 Å². The third-order valence-corrected chi connectivity index (χ3v) is 4.56. The van der Waals surface area contributed by atoms with Gasteiger partial charge in [-0.25, -0.2) is 4.39 Å². The molecule has 0 aliphatic carbocycles. The number of benzene rings is 2. The Labute approximate surface area is 167 Å². The van der Waals surface area contributed by atoms with Crippen LogP contribution in [0.5, 0.6) is 5.75 Å². The van der Waals surface area contributed by atoms with Crippen molar-refractivity contribution < 1.29 is 28.6 Å². The predicted molar refractivity (Wildman–Crippen MR) is 103 cm³/mol. The number of hydrogen-bond donors (Lipinski definition) is 1. The van der Waals surface area contributed by atoms with Crippen molar-refractivity contribution in [1.82, 2.24) is 4.90 Å². The molecule has 7 heteroatoms. The van der Waals surface area contributed by atoms with Gasteiger partial charge in [0.1, 0.15) is 17.3 Å². The van der Waals surface area contributed by atoms with E-state index in [0.717, 1.165) is 12.1 Å². The zero-order chi connectivity index (χ0) is 21.1. The summed E-state index contributed by atoms with van der Waals surface area (Å²) in [5, 5.41) is 10.8. The molecule has 3 rings (SSSR count). The number of aliphatic hydroxyl groups excluding tert-OH is 1. The molecule has 0 aromatic heterocycles. The Kier molecular flexibility index (Phi) is 5.77. The minimum absolute atomic E-state index is 0.0879.